The summed E-state index contributed by atoms with van der Waals surface area (Å²) in [5.74, 6) is 0.530. The molecule has 2 unspecified atom stereocenters. The maximum atomic E-state index is 12.8. The Morgan fingerprint density at radius 3 is 2.68 bits per heavy atom. The normalized spacial score (nSPS) is 24.1. The summed E-state index contributed by atoms with van der Waals surface area (Å²) in [5, 5.41) is 5.97. The summed E-state index contributed by atoms with van der Waals surface area (Å²) in [7, 11) is 0. The van der Waals surface area contributed by atoms with E-state index in [1.165, 1.54) is 12.1 Å². The molecular weight excluding hydrogens is 391 g/mol. The van der Waals surface area contributed by atoms with Gasteiger partial charge in [-0.2, -0.15) is 13.2 Å². The van der Waals surface area contributed by atoms with Gasteiger partial charge < -0.3 is 15.5 Å². The number of rotatable bonds is 4. The van der Waals surface area contributed by atoms with Crippen LogP contribution in [0.2, 0.25) is 5.15 Å². The molecule has 5 nitrogen and oxygen atoms in total. The molecule has 1 saturated carbocycles. The van der Waals surface area contributed by atoms with Gasteiger partial charge in [-0.1, -0.05) is 11.6 Å². The lowest BCUT2D eigenvalue weighted by atomic mass is 10.1. The van der Waals surface area contributed by atoms with E-state index >= 15 is 0 Å². The fraction of sp³-hybridized carbons (Fsp3) is 0.474. The second-order valence-corrected chi connectivity index (χ2v) is 8.07. The topological polar surface area (TPSA) is 53.1 Å². The van der Waals surface area contributed by atoms with Crippen molar-refractivity contribution in [3.05, 3.63) is 40.7 Å². The largest absolute Gasteiger partial charge is 0.420 e. The van der Waals surface area contributed by atoms with E-state index in [0.29, 0.717) is 18.0 Å². The number of fused-ring (bicyclic) bond motifs is 2. The SMILES string of the molecule is FC(F)(F)c1cnc(Nc2ccc(N3CC4CC3CN4)cc2C2CC2)nc1Cl. The standard InChI is InChI=1S/C19H19ClF3N5/c20-17-15(19(21,22)23)8-25-18(27-17)26-16-4-3-12(6-14(16)10-1-2-10)28-9-11-5-13(28)7-24-11/h3-4,6,8,10-11,13,24H,1-2,5,7,9H2,(H,25,26,27). The van der Waals surface area contributed by atoms with Gasteiger partial charge in [0.15, 0.2) is 0 Å². The van der Waals surface area contributed by atoms with Crippen molar-refractivity contribution in [2.75, 3.05) is 23.3 Å². The number of piperazine rings is 1. The Labute approximate surface area is 165 Å². The molecule has 9 heteroatoms. The minimum Gasteiger partial charge on any atom is -0.366 e. The summed E-state index contributed by atoms with van der Waals surface area (Å²) < 4.78 is 38.5. The fourth-order valence-electron chi connectivity index (χ4n) is 4.18. The maximum Gasteiger partial charge on any atom is 0.420 e. The van der Waals surface area contributed by atoms with Gasteiger partial charge in [0.1, 0.15) is 10.7 Å². The molecule has 28 heavy (non-hydrogen) atoms. The minimum absolute atomic E-state index is 0.0667. The molecule has 2 saturated heterocycles. The number of halogens is 4. The van der Waals surface area contributed by atoms with Crippen molar-refractivity contribution in [3.63, 3.8) is 0 Å². The molecule has 3 heterocycles. The quantitative estimate of drug-likeness (QED) is 0.736. The van der Waals surface area contributed by atoms with Crippen LogP contribution >= 0.6 is 11.6 Å². The van der Waals surface area contributed by atoms with Crippen LogP contribution in [0, 0.1) is 0 Å². The first-order valence-electron chi connectivity index (χ1n) is 9.39. The third-order valence-corrected chi connectivity index (χ3v) is 6.02. The van der Waals surface area contributed by atoms with Crippen LogP contribution in [0.1, 0.15) is 36.3 Å². The van der Waals surface area contributed by atoms with Gasteiger partial charge in [0.05, 0.1) is 0 Å². The Hall–Kier alpha value is -2.06. The summed E-state index contributed by atoms with van der Waals surface area (Å²) in [5.41, 5.74) is 2.15. The predicted octanol–water partition coefficient (Wildman–Crippen LogP) is 4.32. The molecule has 3 fully saturated rings. The average Bonchev–Trinajstić information content (AvgIpc) is 3.27. The molecule has 5 rings (SSSR count). The zero-order valence-electron chi connectivity index (χ0n) is 14.9. The Morgan fingerprint density at radius 2 is 2.07 bits per heavy atom. The van der Waals surface area contributed by atoms with Crippen molar-refractivity contribution < 1.29 is 13.2 Å². The van der Waals surface area contributed by atoms with Crippen LogP contribution in [0.4, 0.5) is 30.5 Å². The number of nitrogens with zero attached hydrogens (tertiary/aromatic N) is 3. The molecule has 1 aromatic heterocycles. The number of nitrogens with one attached hydrogen (secondary N) is 2. The molecule has 2 bridgehead atoms. The summed E-state index contributed by atoms with van der Waals surface area (Å²) >= 11 is 5.72. The third-order valence-electron chi connectivity index (χ3n) is 5.73. The molecule has 1 aliphatic carbocycles. The zero-order chi connectivity index (χ0) is 19.5. The van der Waals surface area contributed by atoms with Crippen LogP contribution in [0.15, 0.2) is 24.4 Å². The van der Waals surface area contributed by atoms with Crippen LogP contribution in [0.25, 0.3) is 0 Å². The highest BCUT2D eigenvalue weighted by atomic mass is 35.5. The lowest BCUT2D eigenvalue weighted by molar-refractivity contribution is -0.137. The lowest BCUT2D eigenvalue weighted by Crippen LogP contribution is -2.43. The zero-order valence-corrected chi connectivity index (χ0v) is 15.7. The van der Waals surface area contributed by atoms with Crippen molar-refractivity contribution >= 4 is 28.9 Å². The van der Waals surface area contributed by atoms with E-state index in [0.717, 1.165) is 43.4 Å². The molecule has 148 valence electrons. The van der Waals surface area contributed by atoms with Crippen molar-refractivity contribution in [1.82, 2.24) is 15.3 Å². The van der Waals surface area contributed by atoms with E-state index in [1.54, 1.807) is 0 Å². The van der Waals surface area contributed by atoms with Crippen molar-refractivity contribution in [2.24, 2.45) is 0 Å². The summed E-state index contributed by atoms with van der Waals surface area (Å²) in [4.78, 5) is 10.0. The molecule has 2 aromatic rings. The van der Waals surface area contributed by atoms with E-state index in [4.69, 9.17) is 11.6 Å². The van der Waals surface area contributed by atoms with Crippen molar-refractivity contribution in [2.45, 2.75) is 43.4 Å². The van der Waals surface area contributed by atoms with Gasteiger partial charge in [0, 0.05) is 42.7 Å². The van der Waals surface area contributed by atoms with E-state index in [1.807, 2.05) is 6.07 Å². The molecule has 0 radical (unpaired) electrons. The van der Waals surface area contributed by atoms with E-state index < -0.39 is 16.9 Å². The van der Waals surface area contributed by atoms with Crippen LogP contribution in [-0.2, 0) is 6.18 Å². The van der Waals surface area contributed by atoms with Gasteiger partial charge in [0.25, 0.3) is 0 Å². The molecular formula is C19H19ClF3N5. The third kappa shape index (κ3) is 3.28. The average molecular weight is 410 g/mol. The second-order valence-electron chi connectivity index (χ2n) is 7.71. The number of alkyl halides is 3. The fourth-order valence-corrected chi connectivity index (χ4v) is 4.42. The van der Waals surface area contributed by atoms with Crippen LogP contribution in [0.3, 0.4) is 0 Å². The Bertz CT molecular complexity index is 915. The summed E-state index contributed by atoms with van der Waals surface area (Å²) in [6.07, 6.45) is -0.450. The smallest absolute Gasteiger partial charge is 0.366 e. The van der Waals surface area contributed by atoms with Gasteiger partial charge in [0.2, 0.25) is 5.95 Å². The van der Waals surface area contributed by atoms with Gasteiger partial charge >= 0.3 is 6.18 Å². The number of hydrogen-bond acceptors (Lipinski definition) is 5. The number of anilines is 3. The van der Waals surface area contributed by atoms with Crippen LogP contribution < -0.4 is 15.5 Å². The first-order valence-corrected chi connectivity index (χ1v) is 9.77. The Kier molecular flexibility index (Phi) is 4.17. The van der Waals surface area contributed by atoms with Gasteiger partial charge in [-0.15, -0.1) is 0 Å². The second kappa shape index (κ2) is 6.49. The molecule has 0 spiro atoms. The van der Waals surface area contributed by atoms with Crippen LogP contribution in [-0.4, -0.2) is 35.1 Å². The predicted molar refractivity (Wildman–Crippen MR) is 101 cm³/mol. The molecule has 0 amide bonds. The van der Waals surface area contributed by atoms with Crippen LogP contribution in [0.5, 0.6) is 0 Å². The summed E-state index contributed by atoms with van der Waals surface area (Å²) in [6, 6.07) is 7.33. The van der Waals surface area contributed by atoms with E-state index in [9.17, 15) is 13.2 Å². The molecule has 2 atom stereocenters. The minimum atomic E-state index is -4.57. The lowest BCUT2D eigenvalue weighted by Gasteiger charge is -2.30. The highest BCUT2D eigenvalue weighted by Crippen LogP contribution is 2.46. The van der Waals surface area contributed by atoms with E-state index in [-0.39, 0.29) is 5.95 Å². The van der Waals surface area contributed by atoms with E-state index in [2.05, 4.69) is 37.6 Å². The van der Waals surface area contributed by atoms with Gasteiger partial charge in [-0.25, -0.2) is 9.97 Å². The highest BCUT2D eigenvalue weighted by Gasteiger charge is 2.38. The maximum absolute atomic E-state index is 12.8. The van der Waals surface area contributed by atoms with Gasteiger partial charge in [-0.05, 0) is 48.9 Å². The molecule has 2 aliphatic heterocycles. The summed E-state index contributed by atoms with van der Waals surface area (Å²) in [6.45, 7) is 2.03. The number of hydrogen-bond donors (Lipinski definition) is 2. The van der Waals surface area contributed by atoms with Crippen molar-refractivity contribution in [3.8, 4) is 0 Å². The van der Waals surface area contributed by atoms with Crippen molar-refractivity contribution in [1.29, 1.82) is 0 Å². The van der Waals surface area contributed by atoms with Gasteiger partial charge in [-0.3, -0.25) is 0 Å². The number of aromatic nitrogens is 2. The molecule has 1 aromatic carbocycles. The molecule has 2 N–H and O–H groups in total. The Balaban J connectivity index is 1.42. The molecule has 3 aliphatic rings. The monoisotopic (exact) mass is 409 g/mol. The Morgan fingerprint density at radius 1 is 1.25 bits per heavy atom. The number of benzene rings is 1. The first kappa shape index (κ1) is 18.0. The highest BCUT2D eigenvalue weighted by molar-refractivity contribution is 6.30. The first-order chi connectivity index (χ1) is 13.4.